The summed E-state index contributed by atoms with van der Waals surface area (Å²) in [5.74, 6) is 1.75. The van der Waals surface area contributed by atoms with E-state index in [0.29, 0.717) is 33.9 Å². The summed E-state index contributed by atoms with van der Waals surface area (Å²) < 4.78 is 4.99. The third-order valence-electron chi connectivity index (χ3n) is 3.06. The Morgan fingerprint density at radius 3 is 2.50 bits per heavy atom. The minimum absolute atomic E-state index is 0.236. The summed E-state index contributed by atoms with van der Waals surface area (Å²) in [5, 5.41) is 10.2. The number of hydrogen-bond donors (Lipinski definition) is 2. The van der Waals surface area contributed by atoms with E-state index in [1.165, 1.54) is 0 Å². The summed E-state index contributed by atoms with van der Waals surface area (Å²) in [6, 6.07) is 10.1. The second-order valence-electron chi connectivity index (χ2n) is 5.09. The highest BCUT2D eigenvalue weighted by atomic mass is 35.5. The SMILES string of the molecule is Cc1nc(Nc2cc(C)on2)cc(C(=O)Nc2ccc(Cl)cc2)n1. The summed E-state index contributed by atoms with van der Waals surface area (Å²) in [5.41, 5.74) is 0.863. The lowest BCUT2D eigenvalue weighted by Gasteiger charge is -2.08. The molecule has 0 radical (unpaired) electrons. The molecule has 0 saturated heterocycles. The topological polar surface area (TPSA) is 92.9 Å². The molecule has 7 nitrogen and oxygen atoms in total. The molecule has 1 amide bonds. The Bertz CT molecular complexity index is 876. The van der Waals surface area contributed by atoms with Crippen molar-refractivity contribution < 1.29 is 9.32 Å². The van der Waals surface area contributed by atoms with Crippen molar-refractivity contribution in [1.82, 2.24) is 15.1 Å². The Morgan fingerprint density at radius 2 is 1.83 bits per heavy atom. The number of hydrogen-bond acceptors (Lipinski definition) is 6. The van der Waals surface area contributed by atoms with Gasteiger partial charge in [-0.05, 0) is 38.1 Å². The number of aryl methyl sites for hydroxylation is 2. The lowest BCUT2D eigenvalue weighted by atomic mass is 10.3. The van der Waals surface area contributed by atoms with Crippen molar-refractivity contribution in [2.45, 2.75) is 13.8 Å². The van der Waals surface area contributed by atoms with Gasteiger partial charge in [0.15, 0.2) is 5.82 Å². The van der Waals surface area contributed by atoms with Gasteiger partial charge >= 0.3 is 0 Å². The van der Waals surface area contributed by atoms with Gasteiger partial charge in [0, 0.05) is 22.8 Å². The molecule has 0 atom stereocenters. The maximum absolute atomic E-state index is 12.4. The number of anilines is 3. The van der Waals surface area contributed by atoms with E-state index >= 15 is 0 Å². The monoisotopic (exact) mass is 343 g/mol. The first-order chi connectivity index (χ1) is 11.5. The Labute approximate surface area is 143 Å². The number of halogens is 1. The first-order valence-corrected chi connectivity index (χ1v) is 7.50. The van der Waals surface area contributed by atoms with Crippen molar-refractivity contribution in [3.8, 4) is 0 Å². The molecule has 2 aromatic heterocycles. The van der Waals surface area contributed by atoms with Crippen LogP contribution >= 0.6 is 11.6 Å². The van der Waals surface area contributed by atoms with Crippen LogP contribution < -0.4 is 10.6 Å². The third kappa shape index (κ3) is 3.88. The number of amides is 1. The van der Waals surface area contributed by atoms with Crippen molar-refractivity contribution >= 4 is 34.8 Å². The third-order valence-corrected chi connectivity index (χ3v) is 3.31. The molecule has 0 aliphatic rings. The van der Waals surface area contributed by atoms with Gasteiger partial charge in [-0.1, -0.05) is 16.8 Å². The molecule has 2 heterocycles. The number of nitrogens with zero attached hydrogens (tertiary/aromatic N) is 3. The van der Waals surface area contributed by atoms with E-state index in [1.807, 2.05) is 0 Å². The van der Waals surface area contributed by atoms with Crippen molar-refractivity contribution in [1.29, 1.82) is 0 Å². The molecule has 3 aromatic rings. The fraction of sp³-hybridized carbons (Fsp3) is 0.125. The number of aromatic nitrogens is 3. The molecule has 0 bridgehead atoms. The molecule has 0 aliphatic heterocycles. The van der Waals surface area contributed by atoms with E-state index in [4.69, 9.17) is 16.1 Å². The summed E-state index contributed by atoms with van der Waals surface area (Å²) >= 11 is 5.83. The average molecular weight is 344 g/mol. The zero-order chi connectivity index (χ0) is 17.1. The first kappa shape index (κ1) is 15.9. The van der Waals surface area contributed by atoms with Crippen LogP contribution in [0.15, 0.2) is 40.9 Å². The normalized spacial score (nSPS) is 10.5. The molecule has 1 aromatic carbocycles. The van der Waals surface area contributed by atoms with Crippen LogP contribution in [-0.2, 0) is 0 Å². The molecule has 122 valence electrons. The lowest BCUT2D eigenvalue weighted by molar-refractivity contribution is 0.102. The largest absolute Gasteiger partial charge is 0.360 e. The van der Waals surface area contributed by atoms with Gasteiger partial charge in [0.2, 0.25) is 0 Å². The van der Waals surface area contributed by atoms with Gasteiger partial charge < -0.3 is 15.2 Å². The van der Waals surface area contributed by atoms with E-state index < -0.39 is 0 Å². The standard InChI is InChI=1S/C16H14ClN5O2/c1-9-7-15(22-24-9)21-14-8-13(18-10(2)19-14)16(23)20-12-5-3-11(17)4-6-12/h3-8H,1-2H3,(H,20,23)(H,18,19,21,22). The summed E-state index contributed by atoms with van der Waals surface area (Å²) in [7, 11) is 0. The van der Waals surface area contributed by atoms with Gasteiger partial charge in [-0.15, -0.1) is 0 Å². The van der Waals surface area contributed by atoms with Crippen molar-refractivity contribution in [3.63, 3.8) is 0 Å². The highest BCUT2D eigenvalue weighted by Gasteiger charge is 2.12. The van der Waals surface area contributed by atoms with E-state index in [2.05, 4.69) is 25.8 Å². The van der Waals surface area contributed by atoms with E-state index in [-0.39, 0.29) is 11.6 Å². The number of carbonyl (C=O) groups is 1. The van der Waals surface area contributed by atoms with Crippen LogP contribution in [0.25, 0.3) is 0 Å². The van der Waals surface area contributed by atoms with E-state index in [1.54, 1.807) is 50.2 Å². The number of carbonyl (C=O) groups excluding carboxylic acids is 1. The van der Waals surface area contributed by atoms with Crippen LogP contribution in [0.1, 0.15) is 22.1 Å². The molecule has 0 aliphatic carbocycles. The Hall–Kier alpha value is -2.93. The number of benzene rings is 1. The fourth-order valence-electron chi connectivity index (χ4n) is 2.03. The van der Waals surface area contributed by atoms with Gasteiger partial charge in [-0.25, -0.2) is 9.97 Å². The molecular weight excluding hydrogens is 330 g/mol. The van der Waals surface area contributed by atoms with Gasteiger partial charge in [0.25, 0.3) is 5.91 Å². The number of nitrogens with one attached hydrogen (secondary N) is 2. The van der Waals surface area contributed by atoms with Crippen molar-refractivity contribution in [3.05, 3.63) is 58.7 Å². The minimum atomic E-state index is -0.345. The second kappa shape index (κ2) is 6.67. The maximum atomic E-state index is 12.4. The molecular formula is C16H14ClN5O2. The van der Waals surface area contributed by atoms with Crippen LogP contribution in [0.4, 0.5) is 17.3 Å². The molecule has 24 heavy (non-hydrogen) atoms. The van der Waals surface area contributed by atoms with Crippen molar-refractivity contribution in [2.24, 2.45) is 0 Å². The summed E-state index contributed by atoms with van der Waals surface area (Å²) in [6.07, 6.45) is 0. The van der Waals surface area contributed by atoms with Crippen LogP contribution in [-0.4, -0.2) is 21.0 Å². The zero-order valence-corrected chi connectivity index (χ0v) is 13.8. The molecule has 3 rings (SSSR count). The minimum Gasteiger partial charge on any atom is -0.360 e. The van der Waals surface area contributed by atoms with Crippen LogP contribution in [0.3, 0.4) is 0 Å². The van der Waals surface area contributed by atoms with Crippen molar-refractivity contribution in [2.75, 3.05) is 10.6 Å². The molecule has 8 heteroatoms. The lowest BCUT2D eigenvalue weighted by Crippen LogP contribution is -2.15. The Morgan fingerprint density at radius 1 is 1.08 bits per heavy atom. The highest BCUT2D eigenvalue weighted by Crippen LogP contribution is 2.17. The van der Waals surface area contributed by atoms with Gasteiger partial charge in [0.1, 0.15) is 23.1 Å². The van der Waals surface area contributed by atoms with Crippen LogP contribution in [0.2, 0.25) is 5.02 Å². The Balaban J connectivity index is 1.79. The molecule has 0 saturated carbocycles. The predicted octanol–water partition coefficient (Wildman–Crippen LogP) is 3.73. The molecule has 0 unspecified atom stereocenters. The van der Waals surface area contributed by atoms with Crippen LogP contribution in [0.5, 0.6) is 0 Å². The van der Waals surface area contributed by atoms with Gasteiger partial charge in [0.05, 0.1) is 0 Å². The Kier molecular flexibility index (Phi) is 4.43. The fourth-order valence-corrected chi connectivity index (χ4v) is 2.16. The first-order valence-electron chi connectivity index (χ1n) is 7.12. The van der Waals surface area contributed by atoms with E-state index in [9.17, 15) is 4.79 Å². The van der Waals surface area contributed by atoms with Crippen LogP contribution in [0, 0.1) is 13.8 Å². The highest BCUT2D eigenvalue weighted by molar-refractivity contribution is 6.30. The average Bonchev–Trinajstić information content (AvgIpc) is 2.94. The van der Waals surface area contributed by atoms with Gasteiger partial charge in [-0.3, -0.25) is 4.79 Å². The van der Waals surface area contributed by atoms with Gasteiger partial charge in [-0.2, -0.15) is 0 Å². The summed E-state index contributed by atoms with van der Waals surface area (Å²) in [6.45, 7) is 3.49. The summed E-state index contributed by atoms with van der Waals surface area (Å²) in [4.78, 5) is 20.8. The quantitative estimate of drug-likeness (QED) is 0.749. The number of rotatable bonds is 4. The van der Waals surface area contributed by atoms with E-state index in [0.717, 1.165) is 0 Å². The second-order valence-corrected chi connectivity index (χ2v) is 5.53. The zero-order valence-electron chi connectivity index (χ0n) is 13.0. The molecule has 0 spiro atoms. The molecule has 0 fully saturated rings. The predicted molar refractivity (Wildman–Crippen MR) is 90.7 cm³/mol. The smallest absolute Gasteiger partial charge is 0.274 e. The molecule has 2 N–H and O–H groups in total. The maximum Gasteiger partial charge on any atom is 0.274 e.